The minimum atomic E-state index is -0.895. The molecule has 0 aliphatic carbocycles. The highest BCUT2D eigenvalue weighted by molar-refractivity contribution is 4.99. The Morgan fingerprint density at radius 1 is 1.64 bits per heavy atom. The predicted molar refractivity (Wildman–Crippen MR) is 54.0 cm³/mol. The van der Waals surface area contributed by atoms with Crippen molar-refractivity contribution in [2.24, 2.45) is 11.1 Å². The van der Waals surface area contributed by atoms with Gasteiger partial charge in [0.2, 0.25) is 0 Å². The Bertz CT molecular complexity index is 176. The van der Waals surface area contributed by atoms with Gasteiger partial charge < -0.3 is 20.3 Å². The van der Waals surface area contributed by atoms with Gasteiger partial charge in [-0.3, -0.25) is 0 Å². The molecular formula is C10H21NO3. The Hall–Kier alpha value is -0.160. The van der Waals surface area contributed by atoms with Crippen LogP contribution in [0.3, 0.4) is 0 Å². The van der Waals surface area contributed by atoms with Crippen LogP contribution in [0, 0.1) is 5.41 Å². The van der Waals surface area contributed by atoms with Gasteiger partial charge in [-0.15, -0.1) is 0 Å². The largest absolute Gasteiger partial charge is 0.387 e. The minimum absolute atomic E-state index is 0.323. The normalized spacial score (nSPS) is 31.7. The monoisotopic (exact) mass is 203 g/mol. The lowest BCUT2D eigenvalue weighted by atomic mass is 9.72. The first-order valence-electron chi connectivity index (χ1n) is 5.16. The molecule has 0 saturated carbocycles. The van der Waals surface area contributed by atoms with Crippen molar-refractivity contribution in [2.45, 2.75) is 25.9 Å². The zero-order valence-corrected chi connectivity index (χ0v) is 9.08. The van der Waals surface area contributed by atoms with E-state index in [9.17, 15) is 5.11 Å². The van der Waals surface area contributed by atoms with Gasteiger partial charge in [0.05, 0.1) is 18.8 Å². The van der Waals surface area contributed by atoms with Crippen molar-refractivity contribution in [1.82, 2.24) is 0 Å². The summed E-state index contributed by atoms with van der Waals surface area (Å²) in [5.74, 6) is 0. The van der Waals surface area contributed by atoms with Crippen molar-refractivity contribution in [2.75, 3.05) is 33.0 Å². The third-order valence-electron chi connectivity index (χ3n) is 3.22. The summed E-state index contributed by atoms with van der Waals surface area (Å²) in [6, 6.07) is 0. The molecular weight excluding hydrogens is 182 g/mol. The summed E-state index contributed by atoms with van der Waals surface area (Å²) in [5.41, 5.74) is 4.51. The highest BCUT2D eigenvalue weighted by Gasteiger charge is 2.48. The molecule has 2 atom stereocenters. The third-order valence-corrected chi connectivity index (χ3v) is 3.22. The highest BCUT2D eigenvalue weighted by Crippen LogP contribution is 2.38. The standard InChI is InChI=1S/C10H21NO3/c1-3-13-7-9(2,12)10(6-11)4-5-14-8-10/h12H,3-8,11H2,1-2H3. The quantitative estimate of drug-likeness (QED) is 0.667. The van der Waals surface area contributed by atoms with Crippen LogP contribution in [0.25, 0.3) is 0 Å². The molecule has 0 aromatic heterocycles. The van der Waals surface area contributed by atoms with E-state index in [-0.39, 0.29) is 5.41 Å². The number of ether oxygens (including phenoxy) is 2. The van der Waals surface area contributed by atoms with Gasteiger partial charge in [-0.25, -0.2) is 0 Å². The molecule has 1 rings (SSSR count). The van der Waals surface area contributed by atoms with E-state index in [0.29, 0.717) is 33.0 Å². The summed E-state index contributed by atoms with van der Waals surface area (Å²) >= 11 is 0. The van der Waals surface area contributed by atoms with Crippen molar-refractivity contribution in [3.05, 3.63) is 0 Å². The molecule has 1 fully saturated rings. The minimum Gasteiger partial charge on any atom is -0.387 e. The number of aliphatic hydroxyl groups is 1. The van der Waals surface area contributed by atoms with E-state index < -0.39 is 5.60 Å². The van der Waals surface area contributed by atoms with Crippen LogP contribution in [0.2, 0.25) is 0 Å². The molecule has 0 spiro atoms. The molecule has 1 heterocycles. The SMILES string of the molecule is CCOCC(C)(O)C1(CN)CCOC1. The van der Waals surface area contributed by atoms with Gasteiger partial charge >= 0.3 is 0 Å². The van der Waals surface area contributed by atoms with Gasteiger partial charge in [0.1, 0.15) is 0 Å². The summed E-state index contributed by atoms with van der Waals surface area (Å²) in [5, 5.41) is 10.3. The van der Waals surface area contributed by atoms with Crippen molar-refractivity contribution in [1.29, 1.82) is 0 Å². The lowest BCUT2D eigenvalue weighted by Gasteiger charge is -2.40. The van der Waals surface area contributed by atoms with Crippen LogP contribution in [0.15, 0.2) is 0 Å². The molecule has 4 nitrogen and oxygen atoms in total. The molecule has 2 unspecified atom stereocenters. The van der Waals surface area contributed by atoms with E-state index in [1.807, 2.05) is 6.92 Å². The summed E-state index contributed by atoms with van der Waals surface area (Å²) in [4.78, 5) is 0. The average Bonchev–Trinajstić information content (AvgIpc) is 2.64. The molecule has 0 aromatic carbocycles. The average molecular weight is 203 g/mol. The molecule has 1 saturated heterocycles. The van der Waals surface area contributed by atoms with E-state index in [4.69, 9.17) is 15.2 Å². The van der Waals surface area contributed by atoms with Crippen molar-refractivity contribution in [3.63, 3.8) is 0 Å². The number of rotatable bonds is 5. The maximum absolute atomic E-state index is 10.3. The van der Waals surface area contributed by atoms with E-state index in [1.54, 1.807) is 6.92 Å². The van der Waals surface area contributed by atoms with Gasteiger partial charge in [-0.2, -0.15) is 0 Å². The van der Waals surface area contributed by atoms with Crippen molar-refractivity contribution < 1.29 is 14.6 Å². The van der Waals surface area contributed by atoms with Gasteiger partial charge in [-0.1, -0.05) is 0 Å². The lowest BCUT2D eigenvalue weighted by molar-refractivity contribution is -0.116. The van der Waals surface area contributed by atoms with Gasteiger partial charge in [-0.05, 0) is 20.3 Å². The van der Waals surface area contributed by atoms with Gasteiger partial charge in [0.25, 0.3) is 0 Å². The number of nitrogens with two attached hydrogens (primary N) is 1. The van der Waals surface area contributed by atoms with Crippen LogP contribution >= 0.6 is 0 Å². The summed E-state index contributed by atoms with van der Waals surface area (Å²) in [7, 11) is 0. The maximum Gasteiger partial charge on any atom is 0.0942 e. The molecule has 0 amide bonds. The number of hydrogen-bond acceptors (Lipinski definition) is 4. The van der Waals surface area contributed by atoms with E-state index >= 15 is 0 Å². The van der Waals surface area contributed by atoms with E-state index in [2.05, 4.69) is 0 Å². The van der Waals surface area contributed by atoms with Gasteiger partial charge in [0, 0.05) is 25.2 Å². The first-order valence-corrected chi connectivity index (χ1v) is 5.16. The fourth-order valence-corrected chi connectivity index (χ4v) is 1.87. The molecule has 3 N–H and O–H groups in total. The Morgan fingerprint density at radius 2 is 2.36 bits per heavy atom. The second-order valence-corrected chi connectivity index (χ2v) is 4.20. The van der Waals surface area contributed by atoms with Gasteiger partial charge in [0.15, 0.2) is 0 Å². The zero-order valence-electron chi connectivity index (χ0n) is 9.08. The topological polar surface area (TPSA) is 64.7 Å². The molecule has 4 heteroatoms. The van der Waals surface area contributed by atoms with E-state index in [0.717, 1.165) is 6.42 Å². The molecule has 1 aliphatic rings. The third kappa shape index (κ3) is 2.08. The van der Waals surface area contributed by atoms with Crippen LogP contribution in [0.1, 0.15) is 20.3 Å². The molecule has 84 valence electrons. The summed E-state index contributed by atoms with van der Waals surface area (Å²) in [6.45, 7) is 6.28. The molecule has 0 bridgehead atoms. The molecule has 14 heavy (non-hydrogen) atoms. The zero-order chi connectivity index (χ0) is 10.7. The Kier molecular flexibility index (Phi) is 3.89. The smallest absolute Gasteiger partial charge is 0.0942 e. The molecule has 0 radical (unpaired) electrons. The summed E-state index contributed by atoms with van der Waals surface area (Å²) < 4.78 is 10.6. The van der Waals surface area contributed by atoms with E-state index in [1.165, 1.54) is 0 Å². The first-order chi connectivity index (χ1) is 6.58. The maximum atomic E-state index is 10.3. The fourth-order valence-electron chi connectivity index (χ4n) is 1.87. The Labute approximate surface area is 85.4 Å². The second kappa shape index (κ2) is 4.57. The van der Waals surface area contributed by atoms with Crippen molar-refractivity contribution in [3.8, 4) is 0 Å². The number of hydrogen-bond donors (Lipinski definition) is 2. The second-order valence-electron chi connectivity index (χ2n) is 4.20. The fraction of sp³-hybridized carbons (Fsp3) is 1.00. The predicted octanol–water partition coefficient (Wildman–Crippen LogP) is 0.139. The first kappa shape index (κ1) is 11.9. The van der Waals surface area contributed by atoms with Crippen LogP contribution < -0.4 is 5.73 Å². The van der Waals surface area contributed by atoms with Crippen LogP contribution in [0.4, 0.5) is 0 Å². The van der Waals surface area contributed by atoms with Crippen LogP contribution in [-0.2, 0) is 9.47 Å². The van der Waals surface area contributed by atoms with Crippen molar-refractivity contribution >= 4 is 0 Å². The Balaban J connectivity index is 2.65. The van der Waals surface area contributed by atoms with Crippen LogP contribution in [-0.4, -0.2) is 43.7 Å². The molecule has 1 aliphatic heterocycles. The molecule has 0 aromatic rings. The Morgan fingerprint density at radius 3 is 2.79 bits per heavy atom. The van der Waals surface area contributed by atoms with Crippen LogP contribution in [0.5, 0.6) is 0 Å². The summed E-state index contributed by atoms with van der Waals surface area (Å²) in [6.07, 6.45) is 0.809. The lowest BCUT2D eigenvalue weighted by Crippen LogP contribution is -2.54. The highest BCUT2D eigenvalue weighted by atomic mass is 16.5.